The third-order valence-corrected chi connectivity index (χ3v) is 1.06. The predicted molar refractivity (Wildman–Crippen MR) is 36.1 cm³/mol. The van der Waals surface area contributed by atoms with Gasteiger partial charge in [-0.15, -0.1) is 0 Å². The molecule has 1 heterocycles. The van der Waals surface area contributed by atoms with Crippen LogP contribution >= 0.6 is 23.8 Å². The van der Waals surface area contributed by atoms with Gasteiger partial charge in [-0.05, 0) is 0 Å². The van der Waals surface area contributed by atoms with E-state index in [0.29, 0.717) is 5.82 Å². The Morgan fingerprint density at radius 2 is 2.62 bits per heavy atom. The highest BCUT2D eigenvalue weighted by atomic mass is 35.5. The Kier molecular flexibility index (Phi) is 1.60. The molecule has 1 aromatic heterocycles. The molecule has 4 heteroatoms. The summed E-state index contributed by atoms with van der Waals surface area (Å²) in [5.41, 5.74) is 0. The van der Waals surface area contributed by atoms with Crippen LogP contribution in [0.5, 0.6) is 0 Å². The highest BCUT2D eigenvalue weighted by Gasteiger charge is 1.94. The van der Waals surface area contributed by atoms with Crippen molar-refractivity contribution in [2.75, 3.05) is 0 Å². The van der Waals surface area contributed by atoms with Gasteiger partial charge in [-0.1, -0.05) is 23.8 Å². The highest BCUT2D eigenvalue weighted by Crippen LogP contribution is 1.95. The fourth-order valence-electron chi connectivity index (χ4n) is 0.373. The fourth-order valence-corrected chi connectivity index (χ4v) is 0.588. The summed E-state index contributed by atoms with van der Waals surface area (Å²) in [7, 11) is 0. The lowest BCUT2D eigenvalue weighted by atomic mass is 10.7. The quantitative estimate of drug-likeness (QED) is 0.478. The van der Waals surface area contributed by atoms with Crippen molar-refractivity contribution in [1.82, 2.24) is 9.97 Å². The van der Waals surface area contributed by atoms with Gasteiger partial charge in [0.2, 0.25) is 0 Å². The lowest BCUT2D eigenvalue weighted by Gasteiger charge is -1.81. The van der Waals surface area contributed by atoms with Crippen molar-refractivity contribution in [2.24, 2.45) is 0 Å². The van der Waals surface area contributed by atoms with Gasteiger partial charge in [0.1, 0.15) is 4.32 Å². The number of halogens is 1. The maximum absolute atomic E-state index is 5.38. The summed E-state index contributed by atoms with van der Waals surface area (Å²) in [6.45, 7) is 0. The maximum Gasteiger partial charge on any atom is 0.159 e. The molecule has 0 unspecified atom stereocenters. The first-order valence-corrected chi connectivity index (χ1v) is 2.78. The Bertz CT molecular complexity index is 182. The van der Waals surface area contributed by atoms with E-state index in [4.69, 9.17) is 11.6 Å². The van der Waals surface area contributed by atoms with E-state index in [1.54, 1.807) is 12.4 Å². The van der Waals surface area contributed by atoms with Gasteiger partial charge in [0, 0.05) is 12.4 Å². The first-order chi connectivity index (χ1) is 3.80. The summed E-state index contributed by atoms with van der Waals surface area (Å²) in [6, 6.07) is 0. The first kappa shape index (κ1) is 5.72. The number of imidazole rings is 1. The molecule has 1 rings (SSSR count). The van der Waals surface area contributed by atoms with Gasteiger partial charge >= 0.3 is 0 Å². The molecule has 0 fully saturated rings. The van der Waals surface area contributed by atoms with E-state index in [0.717, 1.165) is 0 Å². The largest absolute Gasteiger partial charge is 0.343 e. The van der Waals surface area contributed by atoms with E-state index >= 15 is 0 Å². The Morgan fingerprint density at radius 3 is 2.88 bits per heavy atom. The van der Waals surface area contributed by atoms with Crippen LogP contribution in [0.25, 0.3) is 0 Å². The molecular formula is C4H3ClN2S. The molecule has 0 bridgehead atoms. The number of thiocarbonyl (C=S) groups is 1. The number of H-pyrrole nitrogens is 1. The molecule has 0 aromatic carbocycles. The number of hydrogen-bond acceptors (Lipinski definition) is 2. The summed E-state index contributed by atoms with van der Waals surface area (Å²) in [5, 5.41) is 0. The van der Waals surface area contributed by atoms with E-state index < -0.39 is 0 Å². The Labute approximate surface area is 56.9 Å². The summed E-state index contributed by atoms with van der Waals surface area (Å²) >= 11 is 9.97. The number of nitrogens with zero attached hydrogens (tertiary/aromatic N) is 1. The van der Waals surface area contributed by atoms with Crippen molar-refractivity contribution in [2.45, 2.75) is 0 Å². The van der Waals surface area contributed by atoms with Crippen molar-refractivity contribution in [3.8, 4) is 0 Å². The van der Waals surface area contributed by atoms with Gasteiger partial charge in [-0.3, -0.25) is 0 Å². The van der Waals surface area contributed by atoms with Crippen LogP contribution in [0.15, 0.2) is 12.4 Å². The molecule has 0 radical (unpaired) electrons. The molecule has 2 nitrogen and oxygen atoms in total. The highest BCUT2D eigenvalue weighted by molar-refractivity contribution is 7.83. The Hall–Kier alpha value is -0.410. The zero-order valence-corrected chi connectivity index (χ0v) is 5.46. The van der Waals surface area contributed by atoms with E-state index in [1.807, 2.05) is 0 Å². The van der Waals surface area contributed by atoms with Gasteiger partial charge in [-0.2, -0.15) is 0 Å². The SMILES string of the molecule is S=C(Cl)c1ncc[nH]1. The minimum absolute atomic E-state index is 0.273. The van der Waals surface area contributed by atoms with Crippen LogP contribution in [-0.2, 0) is 0 Å². The van der Waals surface area contributed by atoms with Crippen LogP contribution in [-0.4, -0.2) is 14.3 Å². The van der Waals surface area contributed by atoms with Crippen LogP contribution in [0.4, 0.5) is 0 Å². The molecule has 0 aliphatic heterocycles. The van der Waals surface area contributed by atoms with Gasteiger partial charge < -0.3 is 4.98 Å². The molecule has 42 valence electrons. The summed E-state index contributed by atoms with van der Waals surface area (Å²) < 4.78 is 0.273. The smallest absolute Gasteiger partial charge is 0.159 e. The average molecular weight is 147 g/mol. The molecule has 0 atom stereocenters. The van der Waals surface area contributed by atoms with E-state index in [-0.39, 0.29) is 4.32 Å². The zero-order chi connectivity index (χ0) is 5.98. The second kappa shape index (κ2) is 2.24. The van der Waals surface area contributed by atoms with Crippen LogP contribution < -0.4 is 0 Å². The van der Waals surface area contributed by atoms with Crippen molar-refractivity contribution in [3.05, 3.63) is 18.2 Å². The topological polar surface area (TPSA) is 28.7 Å². The normalized spacial score (nSPS) is 9.12. The van der Waals surface area contributed by atoms with Crippen LogP contribution in [0.1, 0.15) is 5.82 Å². The second-order valence-electron chi connectivity index (χ2n) is 1.21. The fraction of sp³-hybridized carbons (Fsp3) is 0. The summed E-state index contributed by atoms with van der Waals surface area (Å²) in [6.07, 6.45) is 3.27. The van der Waals surface area contributed by atoms with Crippen LogP contribution in [0.3, 0.4) is 0 Å². The van der Waals surface area contributed by atoms with Crippen molar-refractivity contribution in [1.29, 1.82) is 0 Å². The molecule has 0 aliphatic carbocycles. The molecule has 0 aliphatic rings. The van der Waals surface area contributed by atoms with Gasteiger partial charge in [0.15, 0.2) is 5.82 Å². The van der Waals surface area contributed by atoms with Crippen LogP contribution in [0.2, 0.25) is 0 Å². The molecule has 1 aromatic rings. The standard InChI is InChI=1S/C4H3ClN2S/c5-3(8)4-6-1-2-7-4/h1-2H,(H,6,7). The van der Waals surface area contributed by atoms with Gasteiger partial charge in [-0.25, -0.2) is 4.98 Å². The monoisotopic (exact) mass is 146 g/mol. The van der Waals surface area contributed by atoms with Crippen molar-refractivity contribution >= 4 is 28.1 Å². The number of hydrogen-bond donors (Lipinski definition) is 1. The molecule has 0 spiro atoms. The number of aromatic nitrogens is 2. The summed E-state index contributed by atoms with van der Waals surface area (Å²) in [5.74, 6) is 0.557. The van der Waals surface area contributed by atoms with Crippen LogP contribution in [0, 0.1) is 0 Å². The lowest BCUT2D eigenvalue weighted by Crippen LogP contribution is -1.87. The predicted octanol–water partition coefficient (Wildman–Crippen LogP) is 1.32. The first-order valence-electron chi connectivity index (χ1n) is 2.00. The number of aromatic amines is 1. The minimum Gasteiger partial charge on any atom is -0.343 e. The molecule has 8 heavy (non-hydrogen) atoms. The molecule has 1 N–H and O–H groups in total. The second-order valence-corrected chi connectivity index (χ2v) is 2.22. The molecular weight excluding hydrogens is 144 g/mol. The van der Waals surface area contributed by atoms with Gasteiger partial charge in [0.25, 0.3) is 0 Å². The minimum atomic E-state index is 0.273. The van der Waals surface area contributed by atoms with E-state index in [2.05, 4.69) is 22.2 Å². The summed E-state index contributed by atoms with van der Waals surface area (Å²) in [4.78, 5) is 6.54. The molecule has 0 amide bonds. The van der Waals surface area contributed by atoms with E-state index in [9.17, 15) is 0 Å². The third kappa shape index (κ3) is 1.05. The maximum atomic E-state index is 5.38. The number of nitrogens with one attached hydrogen (secondary N) is 1. The van der Waals surface area contributed by atoms with Crippen molar-refractivity contribution in [3.63, 3.8) is 0 Å². The molecule has 0 saturated heterocycles. The molecule has 0 saturated carbocycles. The number of rotatable bonds is 1. The Morgan fingerprint density at radius 1 is 1.88 bits per heavy atom. The van der Waals surface area contributed by atoms with Gasteiger partial charge in [0.05, 0.1) is 0 Å². The van der Waals surface area contributed by atoms with Crippen molar-refractivity contribution < 1.29 is 0 Å². The Balaban J connectivity index is 2.93. The van der Waals surface area contributed by atoms with E-state index in [1.165, 1.54) is 0 Å². The zero-order valence-electron chi connectivity index (χ0n) is 3.89. The lowest BCUT2D eigenvalue weighted by molar-refractivity contribution is 1.28. The average Bonchev–Trinajstić information content (AvgIpc) is 2.12. The third-order valence-electron chi connectivity index (χ3n) is 0.684.